The van der Waals surface area contributed by atoms with E-state index in [1.807, 2.05) is 6.07 Å². The van der Waals surface area contributed by atoms with Gasteiger partial charge in [0.15, 0.2) is 11.0 Å². The number of piperidine rings is 1. The van der Waals surface area contributed by atoms with Gasteiger partial charge >= 0.3 is 0 Å². The molecule has 0 aromatic carbocycles. The molecule has 1 aromatic heterocycles. The summed E-state index contributed by atoms with van der Waals surface area (Å²) >= 11 is 5.77. The largest absolute Gasteiger partial charge is 0.354 e. The number of aromatic nitrogens is 2. The first-order valence-electron chi connectivity index (χ1n) is 6.96. The molecule has 2 saturated heterocycles. The summed E-state index contributed by atoms with van der Waals surface area (Å²) in [6, 6.07) is 4.78. The zero-order valence-electron chi connectivity index (χ0n) is 11.0. The molecule has 1 unspecified atom stereocenters. The fourth-order valence-electron chi connectivity index (χ4n) is 3.01. The summed E-state index contributed by atoms with van der Waals surface area (Å²) in [5.74, 6) is 0.931. The Labute approximate surface area is 118 Å². The molecule has 2 aliphatic heterocycles. The lowest BCUT2D eigenvalue weighted by atomic mass is 10.0. The molecule has 3 rings (SSSR count). The molecule has 19 heavy (non-hydrogen) atoms. The first-order chi connectivity index (χ1) is 9.22. The number of hydrogen-bond acceptors (Lipinski definition) is 5. The van der Waals surface area contributed by atoms with Gasteiger partial charge in [-0.2, -0.15) is 0 Å². The normalized spacial score (nSPS) is 26.0. The highest BCUT2D eigenvalue weighted by molar-refractivity contribution is 6.29. The number of halogens is 1. The van der Waals surface area contributed by atoms with Crippen molar-refractivity contribution >= 4 is 17.4 Å². The Kier molecular flexibility index (Phi) is 3.86. The minimum Gasteiger partial charge on any atom is -0.354 e. The number of nitrogens with zero attached hydrogens (tertiary/aromatic N) is 4. The SMILES string of the molecule is NC1CCN(C2CCN(c3ccc(Cl)nn3)C2)CC1. The summed E-state index contributed by atoms with van der Waals surface area (Å²) in [7, 11) is 0. The van der Waals surface area contributed by atoms with E-state index in [9.17, 15) is 0 Å². The molecule has 2 aliphatic rings. The van der Waals surface area contributed by atoms with E-state index in [1.54, 1.807) is 6.07 Å². The van der Waals surface area contributed by atoms with Crippen molar-refractivity contribution in [2.75, 3.05) is 31.1 Å². The second-order valence-corrected chi connectivity index (χ2v) is 5.86. The van der Waals surface area contributed by atoms with Crippen LogP contribution in [-0.2, 0) is 0 Å². The molecule has 0 bridgehead atoms. The van der Waals surface area contributed by atoms with Gasteiger partial charge < -0.3 is 10.6 Å². The van der Waals surface area contributed by atoms with Crippen molar-refractivity contribution in [3.05, 3.63) is 17.3 Å². The third-order valence-electron chi connectivity index (χ3n) is 4.20. The molecule has 104 valence electrons. The zero-order chi connectivity index (χ0) is 13.2. The topological polar surface area (TPSA) is 58.3 Å². The van der Waals surface area contributed by atoms with Crippen LogP contribution in [0.15, 0.2) is 12.1 Å². The molecular formula is C13H20ClN5. The highest BCUT2D eigenvalue weighted by Gasteiger charge is 2.30. The average Bonchev–Trinajstić information content (AvgIpc) is 2.90. The van der Waals surface area contributed by atoms with E-state index in [2.05, 4.69) is 20.0 Å². The number of nitrogens with two attached hydrogens (primary N) is 1. The predicted octanol–water partition coefficient (Wildman–Crippen LogP) is 1.13. The van der Waals surface area contributed by atoms with E-state index in [0.717, 1.165) is 44.8 Å². The maximum Gasteiger partial charge on any atom is 0.151 e. The second kappa shape index (κ2) is 5.61. The number of hydrogen-bond donors (Lipinski definition) is 1. The molecule has 0 spiro atoms. The smallest absolute Gasteiger partial charge is 0.151 e. The van der Waals surface area contributed by atoms with Crippen LogP contribution >= 0.6 is 11.6 Å². The first-order valence-corrected chi connectivity index (χ1v) is 7.34. The van der Waals surface area contributed by atoms with Crippen molar-refractivity contribution in [3.63, 3.8) is 0 Å². The lowest BCUT2D eigenvalue weighted by Gasteiger charge is -2.34. The van der Waals surface area contributed by atoms with Crippen LogP contribution < -0.4 is 10.6 Å². The Morgan fingerprint density at radius 1 is 1.11 bits per heavy atom. The third-order valence-corrected chi connectivity index (χ3v) is 4.40. The highest BCUT2D eigenvalue weighted by Crippen LogP contribution is 2.23. The summed E-state index contributed by atoms with van der Waals surface area (Å²) in [5, 5.41) is 8.52. The van der Waals surface area contributed by atoms with E-state index >= 15 is 0 Å². The lowest BCUT2D eigenvalue weighted by Crippen LogP contribution is -2.46. The Bertz CT molecular complexity index is 416. The summed E-state index contributed by atoms with van der Waals surface area (Å²) in [5.41, 5.74) is 5.96. The van der Waals surface area contributed by atoms with Gasteiger partial charge in [0.2, 0.25) is 0 Å². The molecule has 3 heterocycles. The van der Waals surface area contributed by atoms with Crippen LogP contribution in [0.2, 0.25) is 5.15 Å². The van der Waals surface area contributed by atoms with Gasteiger partial charge in [0, 0.05) is 25.2 Å². The van der Waals surface area contributed by atoms with Crippen molar-refractivity contribution in [1.29, 1.82) is 0 Å². The van der Waals surface area contributed by atoms with E-state index in [-0.39, 0.29) is 0 Å². The van der Waals surface area contributed by atoms with E-state index in [0.29, 0.717) is 17.2 Å². The molecule has 5 nitrogen and oxygen atoms in total. The van der Waals surface area contributed by atoms with Crippen molar-refractivity contribution in [1.82, 2.24) is 15.1 Å². The molecule has 0 aliphatic carbocycles. The van der Waals surface area contributed by atoms with Crippen LogP contribution in [0.5, 0.6) is 0 Å². The number of likely N-dealkylation sites (tertiary alicyclic amines) is 1. The average molecular weight is 282 g/mol. The van der Waals surface area contributed by atoms with Gasteiger partial charge in [-0.15, -0.1) is 10.2 Å². The van der Waals surface area contributed by atoms with Crippen molar-refractivity contribution in [2.45, 2.75) is 31.3 Å². The molecule has 0 radical (unpaired) electrons. The molecule has 2 N–H and O–H groups in total. The van der Waals surface area contributed by atoms with Gasteiger partial charge in [-0.3, -0.25) is 4.90 Å². The zero-order valence-corrected chi connectivity index (χ0v) is 11.8. The summed E-state index contributed by atoms with van der Waals surface area (Å²) in [6.07, 6.45) is 3.44. The van der Waals surface area contributed by atoms with Crippen LogP contribution in [0.3, 0.4) is 0 Å². The Morgan fingerprint density at radius 3 is 2.58 bits per heavy atom. The fourth-order valence-corrected chi connectivity index (χ4v) is 3.11. The monoisotopic (exact) mass is 281 g/mol. The molecule has 0 amide bonds. The lowest BCUT2D eigenvalue weighted by molar-refractivity contribution is 0.163. The van der Waals surface area contributed by atoms with Crippen LogP contribution in [0, 0.1) is 0 Å². The van der Waals surface area contributed by atoms with Gasteiger partial charge in [0.05, 0.1) is 0 Å². The van der Waals surface area contributed by atoms with Crippen LogP contribution in [-0.4, -0.2) is 53.4 Å². The van der Waals surface area contributed by atoms with Crippen LogP contribution in [0.1, 0.15) is 19.3 Å². The standard InChI is InChI=1S/C13H20ClN5/c14-12-1-2-13(17-16-12)19-8-5-11(9-19)18-6-3-10(15)4-7-18/h1-2,10-11H,3-9,15H2. The molecule has 1 atom stereocenters. The third kappa shape index (κ3) is 2.99. The van der Waals surface area contributed by atoms with Gasteiger partial charge in [0.1, 0.15) is 0 Å². The van der Waals surface area contributed by atoms with E-state index < -0.39 is 0 Å². The maximum atomic E-state index is 5.96. The van der Waals surface area contributed by atoms with E-state index in [4.69, 9.17) is 17.3 Å². The Hall–Kier alpha value is -0.910. The Balaban J connectivity index is 1.59. The van der Waals surface area contributed by atoms with Gasteiger partial charge in [-0.1, -0.05) is 11.6 Å². The highest BCUT2D eigenvalue weighted by atomic mass is 35.5. The summed E-state index contributed by atoms with van der Waals surface area (Å²) < 4.78 is 0. The number of anilines is 1. The summed E-state index contributed by atoms with van der Waals surface area (Å²) in [6.45, 7) is 4.34. The molecule has 0 saturated carbocycles. The Morgan fingerprint density at radius 2 is 1.89 bits per heavy atom. The van der Waals surface area contributed by atoms with Gasteiger partial charge in [-0.25, -0.2) is 0 Å². The molecule has 1 aromatic rings. The maximum absolute atomic E-state index is 5.96. The van der Waals surface area contributed by atoms with E-state index in [1.165, 1.54) is 6.42 Å². The van der Waals surface area contributed by atoms with Crippen molar-refractivity contribution in [3.8, 4) is 0 Å². The van der Waals surface area contributed by atoms with Crippen molar-refractivity contribution in [2.24, 2.45) is 5.73 Å². The first kappa shape index (κ1) is 13.1. The quantitative estimate of drug-likeness (QED) is 0.881. The minimum atomic E-state index is 0.399. The molecule has 2 fully saturated rings. The number of rotatable bonds is 2. The van der Waals surface area contributed by atoms with Crippen molar-refractivity contribution < 1.29 is 0 Å². The van der Waals surface area contributed by atoms with Gasteiger partial charge in [-0.05, 0) is 44.5 Å². The van der Waals surface area contributed by atoms with Crippen LogP contribution in [0.25, 0.3) is 0 Å². The van der Waals surface area contributed by atoms with Gasteiger partial charge in [0.25, 0.3) is 0 Å². The predicted molar refractivity (Wildman–Crippen MR) is 76.4 cm³/mol. The fraction of sp³-hybridized carbons (Fsp3) is 0.692. The summed E-state index contributed by atoms with van der Waals surface area (Å²) in [4.78, 5) is 4.87. The minimum absolute atomic E-state index is 0.399. The molecular weight excluding hydrogens is 262 g/mol. The molecule has 6 heteroatoms. The second-order valence-electron chi connectivity index (χ2n) is 5.48. The van der Waals surface area contributed by atoms with Crippen LogP contribution in [0.4, 0.5) is 5.82 Å².